The van der Waals surface area contributed by atoms with Gasteiger partial charge in [0.2, 0.25) is 0 Å². The number of piperidine rings is 1. The molecule has 1 heterocycles. The van der Waals surface area contributed by atoms with E-state index >= 15 is 0 Å². The molecule has 0 aliphatic carbocycles. The number of halogens is 2. The molecule has 0 saturated carbocycles. The van der Waals surface area contributed by atoms with Gasteiger partial charge < -0.3 is 10.2 Å². The third kappa shape index (κ3) is 7.40. The second kappa shape index (κ2) is 11.0. The van der Waals surface area contributed by atoms with E-state index in [-0.39, 0.29) is 24.8 Å². The smallest absolute Gasteiger partial charge is 0.00163 e. The van der Waals surface area contributed by atoms with Gasteiger partial charge in [-0.1, -0.05) is 13.8 Å². The minimum absolute atomic E-state index is 0. The summed E-state index contributed by atoms with van der Waals surface area (Å²) in [6.07, 6.45) is 4.19. The highest BCUT2D eigenvalue weighted by molar-refractivity contribution is 5.85. The van der Waals surface area contributed by atoms with E-state index in [9.17, 15) is 0 Å². The summed E-state index contributed by atoms with van der Waals surface area (Å²) in [5.41, 5.74) is 0. The van der Waals surface area contributed by atoms with E-state index in [0.29, 0.717) is 0 Å². The Kier molecular flexibility index (Phi) is 13.1. The zero-order chi connectivity index (χ0) is 9.52. The van der Waals surface area contributed by atoms with Gasteiger partial charge >= 0.3 is 0 Å². The average molecular weight is 257 g/mol. The van der Waals surface area contributed by atoms with Crippen LogP contribution in [-0.4, -0.2) is 37.6 Å². The maximum Gasteiger partial charge on any atom is -0.00163 e. The van der Waals surface area contributed by atoms with Crippen LogP contribution in [-0.2, 0) is 0 Å². The zero-order valence-corrected chi connectivity index (χ0v) is 11.6. The molecule has 0 unspecified atom stereocenters. The molecule has 0 aromatic rings. The van der Waals surface area contributed by atoms with Crippen LogP contribution < -0.4 is 5.32 Å². The highest BCUT2D eigenvalue weighted by atomic mass is 35.5. The standard InChI is InChI=1S/C11H24N2.2ClH/c1-3-13(4-2)10-7-11-5-8-12-9-6-11;;/h11-12H,3-10H2,1-2H3;2*1H. The number of nitrogens with zero attached hydrogens (tertiary/aromatic N) is 1. The highest BCUT2D eigenvalue weighted by Gasteiger charge is 2.13. The van der Waals surface area contributed by atoms with Gasteiger partial charge in [-0.3, -0.25) is 0 Å². The van der Waals surface area contributed by atoms with E-state index in [1.807, 2.05) is 0 Å². The lowest BCUT2D eigenvalue weighted by molar-refractivity contribution is 0.253. The van der Waals surface area contributed by atoms with Crippen LogP contribution in [0.25, 0.3) is 0 Å². The lowest BCUT2D eigenvalue weighted by atomic mass is 9.94. The molecule has 0 atom stereocenters. The highest BCUT2D eigenvalue weighted by Crippen LogP contribution is 2.15. The molecule has 1 aliphatic rings. The summed E-state index contributed by atoms with van der Waals surface area (Å²) in [6, 6.07) is 0. The number of rotatable bonds is 5. The minimum atomic E-state index is 0. The fourth-order valence-electron chi connectivity index (χ4n) is 2.08. The van der Waals surface area contributed by atoms with Crippen LogP contribution in [0.2, 0.25) is 0 Å². The first-order chi connectivity index (χ1) is 6.36. The monoisotopic (exact) mass is 256 g/mol. The summed E-state index contributed by atoms with van der Waals surface area (Å²) in [4.78, 5) is 2.53. The van der Waals surface area contributed by atoms with Crippen LogP contribution >= 0.6 is 24.8 Å². The van der Waals surface area contributed by atoms with Crippen molar-refractivity contribution in [3.8, 4) is 0 Å². The van der Waals surface area contributed by atoms with Gasteiger partial charge in [-0.2, -0.15) is 0 Å². The molecule has 4 heteroatoms. The zero-order valence-electron chi connectivity index (χ0n) is 10.00. The van der Waals surface area contributed by atoms with Crippen molar-refractivity contribution in [2.45, 2.75) is 33.1 Å². The predicted octanol–water partition coefficient (Wildman–Crippen LogP) is 2.56. The van der Waals surface area contributed by atoms with E-state index in [0.717, 1.165) is 5.92 Å². The minimum Gasteiger partial charge on any atom is -0.317 e. The maximum absolute atomic E-state index is 3.42. The summed E-state index contributed by atoms with van der Waals surface area (Å²) in [6.45, 7) is 10.7. The third-order valence-electron chi connectivity index (χ3n) is 3.21. The van der Waals surface area contributed by atoms with Gasteiger partial charge in [0.15, 0.2) is 0 Å². The van der Waals surface area contributed by atoms with Gasteiger partial charge in [0.25, 0.3) is 0 Å². The van der Waals surface area contributed by atoms with E-state index < -0.39 is 0 Å². The Labute approximate surface area is 107 Å². The summed E-state index contributed by atoms with van der Waals surface area (Å²) >= 11 is 0. The molecule has 0 radical (unpaired) electrons. The van der Waals surface area contributed by atoms with Crippen molar-refractivity contribution in [2.24, 2.45) is 5.92 Å². The summed E-state index contributed by atoms with van der Waals surface area (Å²) in [5, 5.41) is 3.42. The molecular formula is C11H26Cl2N2. The molecule has 0 bridgehead atoms. The van der Waals surface area contributed by atoms with Crippen LogP contribution in [0, 0.1) is 5.92 Å². The van der Waals surface area contributed by atoms with Crippen molar-refractivity contribution in [1.82, 2.24) is 10.2 Å². The topological polar surface area (TPSA) is 15.3 Å². The number of nitrogens with one attached hydrogen (secondary N) is 1. The first-order valence-corrected chi connectivity index (χ1v) is 5.79. The second-order valence-corrected chi connectivity index (χ2v) is 4.01. The van der Waals surface area contributed by atoms with Crippen LogP contribution in [0.4, 0.5) is 0 Å². The lowest BCUT2D eigenvalue weighted by Gasteiger charge is -2.25. The first-order valence-electron chi connectivity index (χ1n) is 5.79. The second-order valence-electron chi connectivity index (χ2n) is 4.01. The van der Waals surface area contributed by atoms with Gasteiger partial charge in [-0.25, -0.2) is 0 Å². The normalized spacial score (nSPS) is 17.0. The molecule has 0 aromatic carbocycles. The molecule has 2 nitrogen and oxygen atoms in total. The van der Waals surface area contributed by atoms with Crippen molar-refractivity contribution in [3.63, 3.8) is 0 Å². The van der Waals surface area contributed by atoms with Crippen molar-refractivity contribution in [2.75, 3.05) is 32.7 Å². The quantitative estimate of drug-likeness (QED) is 0.814. The Bertz CT molecular complexity index is 124. The summed E-state index contributed by atoms with van der Waals surface area (Å²) < 4.78 is 0. The molecule has 0 amide bonds. The van der Waals surface area contributed by atoms with E-state index in [2.05, 4.69) is 24.1 Å². The average Bonchev–Trinajstić information content (AvgIpc) is 2.21. The van der Waals surface area contributed by atoms with Crippen LogP contribution in [0.3, 0.4) is 0 Å². The van der Waals surface area contributed by atoms with E-state index in [1.165, 1.54) is 52.0 Å². The fraction of sp³-hybridized carbons (Fsp3) is 1.00. The van der Waals surface area contributed by atoms with Gasteiger partial charge in [0, 0.05) is 0 Å². The third-order valence-corrected chi connectivity index (χ3v) is 3.21. The fourth-order valence-corrected chi connectivity index (χ4v) is 2.08. The van der Waals surface area contributed by atoms with Crippen molar-refractivity contribution >= 4 is 24.8 Å². The number of hydrogen-bond acceptors (Lipinski definition) is 2. The van der Waals surface area contributed by atoms with Gasteiger partial charge in [-0.15, -0.1) is 24.8 Å². The first kappa shape index (κ1) is 17.9. The van der Waals surface area contributed by atoms with E-state index in [4.69, 9.17) is 0 Å². The predicted molar refractivity (Wildman–Crippen MR) is 72.5 cm³/mol. The summed E-state index contributed by atoms with van der Waals surface area (Å²) in [7, 11) is 0. The molecule has 1 N–H and O–H groups in total. The van der Waals surface area contributed by atoms with Gasteiger partial charge in [0.05, 0.1) is 0 Å². The SMILES string of the molecule is CCN(CC)CCC1CCNCC1.Cl.Cl. The Morgan fingerprint density at radius 1 is 1.07 bits per heavy atom. The maximum atomic E-state index is 3.42. The van der Waals surface area contributed by atoms with Crippen molar-refractivity contribution in [3.05, 3.63) is 0 Å². The molecular weight excluding hydrogens is 231 g/mol. The van der Waals surface area contributed by atoms with E-state index in [1.54, 1.807) is 0 Å². The van der Waals surface area contributed by atoms with Crippen LogP contribution in [0.5, 0.6) is 0 Å². The van der Waals surface area contributed by atoms with Crippen LogP contribution in [0.1, 0.15) is 33.1 Å². The summed E-state index contributed by atoms with van der Waals surface area (Å²) in [5.74, 6) is 0.988. The Morgan fingerprint density at radius 3 is 2.07 bits per heavy atom. The molecule has 1 rings (SSSR count). The van der Waals surface area contributed by atoms with Gasteiger partial charge in [0.1, 0.15) is 0 Å². The molecule has 15 heavy (non-hydrogen) atoms. The van der Waals surface area contributed by atoms with Crippen molar-refractivity contribution < 1.29 is 0 Å². The number of hydrogen-bond donors (Lipinski definition) is 1. The molecule has 1 saturated heterocycles. The van der Waals surface area contributed by atoms with Gasteiger partial charge in [-0.05, 0) is 57.9 Å². The Balaban J connectivity index is 0. The molecule has 0 spiro atoms. The molecule has 1 aliphatic heterocycles. The Morgan fingerprint density at radius 2 is 1.60 bits per heavy atom. The molecule has 1 fully saturated rings. The molecule has 0 aromatic heterocycles. The van der Waals surface area contributed by atoms with Crippen LogP contribution in [0.15, 0.2) is 0 Å². The largest absolute Gasteiger partial charge is 0.317 e. The van der Waals surface area contributed by atoms with Crippen molar-refractivity contribution in [1.29, 1.82) is 0 Å². The lowest BCUT2D eigenvalue weighted by Crippen LogP contribution is -2.31. The Hall–Kier alpha value is 0.500. The molecule has 94 valence electrons.